The summed E-state index contributed by atoms with van der Waals surface area (Å²) >= 11 is 0. The van der Waals surface area contributed by atoms with Crippen molar-refractivity contribution in [2.75, 3.05) is 7.11 Å². The standard InChI is InChI=1S/C11H12N2O2/c1-13-7-9(11(14)12-15-2)8-5-3-4-6-10(8)13/h3-7H,1-2H3,(H,12,14). The lowest BCUT2D eigenvalue weighted by Crippen LogP contribution is -2.21. The van der Waals surface area contributed by atoms with E-state index in [1.807, 2.05) is 35.9 Å². The van der Waals surface area contributed by atoms with Gasteiger partial charge in [0.2, 0.25) is 0 Å². The number of nitrogens with zero attached hydrogens (tertiary/aromatic N) is 1. The number of carbonyl (C=O) groups is 1. The monoisotopic (exact) mass is 204 g/mol. The number of fused-ring (bicyclic) bond motifs is 1. The van der Waals surface area contributed by atoms with E-state index < -0.39 is 0 Å². The van der Waals surface area contributed by atoms with E-state index in [9.17, 15) is 4.79 Å². The van der Waals surface area contributed by atoms with Crippen molar-refractivity contribution in [2.24, 2.45) is 7.05 Å². The van der Waals surface area contributed by atoms with E-state index in [1.54, 1.807) is 6.20 Å². The Kier molecular flexibility index (Phi) is 2.43. The van der Waals surface area contributed by atoms with Crippen LogP contribution in [0.1, 0.15) is 10.4 Å². The van der Waals surface area contributed by atoms with Crippen molar-refractivity contribution in [3.05, 3.63) is 36.0 Å². The van der Waals surface area contributed by atoms with Gasteiger partial charge in [0.1, 0.15) is 0 Å². The van der Waals surface area contributed by atoms with Gasteiger partial charge in [-0.15, -0.1) is 0 Å². The Morgan fingerprint density at radius 2 is 2.13 bits per heavy atom. The van der Waals surface area contributed by atoms with Crippen molar-refractivity contribution >= 4 is 16.8 Å². The molecular formula is C11H12N2O2. The maximum atomic E-state index is 11.6. The molecule has 1 heterocycles. The number of aromatic nitrogens is 1. The Labute approximate surface area is 87.4 Å². The minimum atomic E-state index is -0.228. The molecule has 0 radical (unpaired) electrons. The molecule has 1 amide bonds. The van der Waals surface area contributed by atoms with Crippen LogP contribution in [0, 0.1) is 0 Å². The third-order valence-corrected chi connectivity index (χ3v) is 2.34. The van der Waals surface area contributed by atoms with Crippen LogP contribution in [0.25, 0.3) is 10.9 Å². The predicted octanol–water partition coefficient (Wildman–Crippen LogP) is 1.47. The second-order valence-electron chi connectivity index (χ2n) is 3.31. The highest BCUT2D eigenvalue weighted by molar-refractivity contribution is 6.06. The van der Waals surface area contributed by atoms with Crippen LogP contribution in [0.4, 0.5) is 0 Å². The number of rotatable bonds is 2. The molecule has 0 atom stereocenters. The maximum Gasteiger partial charge on any atom is 0.277 e. The molecular weight excluding hydrogens is 192 g/mol. The number of para-hydroxylation sites is 1. The van der Waals surface area contributed by atoms with Crippen molar-refractivity contribution in [1.82, 2.24) is 10.0 Å². The van der Waals surface area contributed by atoms with Gasteiger partial charge in [0.25, 0.3) is 5.91 Å². The van der Waals surface area contributed by atoms with Gasteiger partial charge >= 0.3 is 0 Å². The number of hydroxylamine groups is 1. The third-order valence-electron chi connectivity index (χ3n) is 2.34. The van der Waals surface area contributed by atoms with Crippen LogP contribution < -0.4 is 5.48 Å². The summed E-state index contributed by atoms with van der Waals surface area (Å²) in [4.78, 5) is 16.2. The quantitative estimate of drug-likeness (QED) is 0.753. The lowest BCUT2D eigenvalue weighted by atomic mass is 10.2. The fourth-order valence-corrected chi connectivity index (χ4v) is 1.67. The van der Waals surface area contributed by atoms with Gasteiger partial charge in [-0.25, -0.2) is 5.48 Å². The van der Waals surface area contributed by atoms with Crippen LogP contribution in [-0.4, -0.2) is 17.6 Å². The van der Waals surface area contributed by atoms with Crippen LogP contribution in [-0.2, 0) is 11.9 Å². The van der Waals surface area contributed by atoms with E-state index in [4.69, 9.17) is 0 Å². The first kappa shape index (κ1) is 9.73. The average molecular weight is 204 g/mol. The Bertz CT molecular complexity index is 502. The minimum Gasteiger partial charge on any atom is -0.350 e. The Hall–Kier alpha value is -1.81. The molecule has 0 saturated heterocycles. The molecule has 2 rings (SSSR count). The highest BCUT2D eigenvalue weighted by Crippen LogP contribution is 2.19. The van der Waals surface area contributed by atoms with Crippen LogP contribution in [0.5, 0.6) is 0 Å². The molecule has 2 aromatic rings. The second kappa shape index (κ2) is 3.74. The number of hydrogen-bond donors (Lipinski definition) is 1. The highest BCUT2D eigenvalue weighted by atomic mass is 16.6. The zero-order chi connectivity index (χ0) is 10.8. The van der Waals surface area contributed by atoms with E-state index in [0.717, 1.165) is 10.9 Å². The van der Waals surface area contributed by atoms with E-state index >= 15 is 0 Å². The molecule has 78 valence electrons. The molecule has 0 aliphatic carbocycles. The van der Waals surface area contributed by atoms with Crippen LogP contribution in [0.15, 0.2) is 30.5 Å². The fourth-order valence-electron chi connectivity index (χ4n) is 1.67. The fraction of sp³-hybridized carbons (Fsp3) is 0.182. The molecule has 1 aromatic carbocycles. The molecule has 0 saturated carbocycles. The second-order valence-corrected chi connectivity index (χ2v) is 3.31. The molecule has 0 bridgehead atoms. The zero-order valence-corrected chi connectivity index (χ0v) is 8.65. The zero-order valence-electron chi connectivity index (χ0n) is 8.65. The number of aryl methyl sites for hydroxylation is 1. The van der Waals surface area contributed by atoms with Gasteiger partial charge in [0.15, 0.2) is 0 Å². The summed E-state index contributed by atoms with van der Waals surface area (Å²) in [7, 11) is 3.33. The van der Waals surface area contributed by atoms with Crippen LogP contribution in [0.2, 0.25) is 0 Å². The molecule has 0 spiro atoms. The van der Waals surface area contributed by atoms with E-state index in [-0.39, 0.29) is 5.91 Å². The summed E-state index contributed by atoms with van der Waals surface area (Å²) < 4.78 is 1.92. The number of benzene rings is 1. The SMILES string of the molecule is CONC(=O)c1cn(C)c2ccccc12. The molecule has 1 N–H and O–H groups in total. The normalized spacial score (nSPS) is 10.5. The van der Waals surface area contributed by atoms with Crippen molar-refractivity contribution in [1.29, 1.82) is 0 Å². The number of carbonyl (C=O) groups excluding carboxylic acids is 1. The van der Waals surface area contributed by atoms with Crippen molar-refractivity contribution in [2.45, 2.75) is 0 Å². The smallest absolute Gasteiger partial charge is 0.277 e. The number of amides is 1. The molecule has 0 aliphatic heterocycles. The van der Waals surface area contributed by atoms with E-state index in [0.29, 0.717) is 5.56 Å². The summed E-state index contributed by atoms with van der Waals surface area (Å²) in [5.74, 6) is -0.228. The first-order valence-corrected chi connectivity index (χ1v) is 4.61. The van der Waals surface area contributed by atoms with Gasteiger partial charge in [-0.1, -0.05) is 18.2 Å². The van der Waals surface area contributed by atoms with Crippen molar-refractivity contribution in [3.8, 4) is 0 Å². The first-order chi connectivity index (χ1) is 7.24. The summed E-state index contributed by atoms with van der Waals surface area (Å²) in [5.41, 5.74) is 3.96. The highest BCUT2D eigenvalue weighted by Gasteiger charge is 2.12. The number of nitrogens with one attached hydrogen (secondary N) is 1. The predicted molar refractivity (Wildman–Crippen MR) is 57.4 cm³/mol. The van der Waals surface area contributed by atoms with E-state index in [1.165, 1.54) is 7.11 Å². The topological polar surface area (TPSA) is 43.3 Å². The summed E-state index contributed by atoms with van der Waals surface area (Å²) in [6.45, 7) is 0. The van der Waals surface area contributed by atoms with Gasteiger partial charge in [-0.2, -0.15) is 0 Å². The van der Waals surface area contributed by atoms with Crippen molar-refractivity contribution < 1.29 is 9.63 Å². The lowest BCUT2D eigenvalue weighted by Gasteiger charge is -1.99. The lowest BCUT2D eigenvalue weighted by molar-refractivity contribution is 0.0539. The molecule has 0 aliphatic rings. The Balaban J connectivity index is 2.57. The third kappa shape index (κ3) is 1.59. The largest absolute Gasteiger partial charge is 0.350 e. The van der Waals surface area contributed by atoms with Crippen LogP contribution in [0.3, 0.4) is 0 Å². The summed E-state index contributed by atoms with van der Waals surface area (Å²) in [6, 6.07) is 7.74. The van der Waals surface area contributed by atoms with Gasteiger partial charge in [-0.05, 0) is 6.07 Å². The van der Waals surface area contributed by atoms with Gasteiger partial charge in [0, 0.05) is 24.1 Å². The molecule has 0 fully saturated rings. The van der Waals surface area contributed by atoms with Crippen LogP contribution >= 0.6 is 0 Å². The first-order valence-electron chi connectivity index (χ1n) is 4.61. The molecule has 1 aromatic heterocycles. The molecule has 4 nitrogen and oxygen atoms in total. The summed E-state index contributed by atoms with van der Waals surface area (Å²) in [6.07, 6.45) is 1.79. The average Bonchev–Trinajstić information content (AvgIpc) is 2.58. The van der Waals surface area contributed by atoms with Gasteiger partial charge < -0.3 is 4.57 Å². The van der Waals surface area contributed by atoms with Crippen molar-refractivity contribution in [3.63, 3.8) is 0 Å². The Morgan fingerprint density at radius 3 is 2.87 bits per heavy atom. The number of hydrogen-bond acceptors (Lipinski definition) is 2. The Morgan fingerprint density at radius 1 is 1.40 bits per heavy atom. The molecule has 4 heteroatoms. The molecule has 15 heavy (non-hydrogen) atoms. The van der Waals surface area contributed by atoms with E-state index in [2.05, 4.69) is 10.3 Å². The summed E-state index contributed by atoms with van der Waals surface area (Å²) in [5, 5.41) is 0.926. The van der Waals surface area contributed by atoms with Gasteiger partial charge in [-0.3, -0.25) is 9.63 Å². The minimum absolute atomic E-state index is 0.228. The van der Waals surface area contributed by atoms with Gasteiger partial charge in [0.05, 0.1) is 12.7 Å². The maximum absolute atomic E-state index is 11.6. The molecule has 0 unspecified atom stereocenters.